The molecule has 2 aromatic carbocycles. The number of hydrogen-bond donors (Lipinski definition) is 0. The molecule has 3 aromatic rings. The van der Waals surface area contributed by atoms with E-state index in [-0.39, 0.29) is 22.7 Å². The van der Waals surface area contributed by atoms with Crippen molar-refractivity contribution in [1.29, 1.82) is 0 Å². The smallest absolute Gasteiger partial charge is 0.289 e. The van der Waals surface area contributed by atoms with Gasteiger partial charge in [-0.3, -0.25) is 14.9 Å². The minimum Gasteiger partial charge on any atom is -0.289 e. The quantitative estimate of drug-likeness (QED) is 0.287. The van der Waals surface area contributed by atoms with Crippen LogP contribution in [0.25, 0.3) is 17.3 Å². The number of nitrogens with zero attached hydrogens (tertiary/aromatic N) is 2. The summed E-state index contributed by atoms with van der Waals surface area (Å²) in [6, 6.07) is 19.6. The number of pyridine rings is 1. The van der Waals surface area contributed by atoms with Crippen LogP contribution in [0.4, 0.5) is 5.69 Å². The van der Waals surface area contributed by atoms with Crippen molar-refractivity contribution in [2.75, 3.05) is 0 Å². The Balaban J connectivity index is 2.01. The summed E-state index contributed by atoms with van der Waals surface area (Å²) in [6.07, 6.45) is 3.09. The van der Waals surface area contributed by atoms with Gasteiger partial charge in [0.05, 0.1) is 10.5 Å². The summed E-state index contributed by atoms with van der Waals surface area (Å²) in [5, 5.41) is 11.5. The van der Waals surface area contributed by atoms with Crippen molar-refractivity contribution in [3.8, 4) is 11.3 Å². The summed E-state index contributed by atoms with van der Waals surface area (Å²) in [4.78, 5) is 27.8. The molecule has 0 saturated heterocycles. The Bertz CT molecular complexity index is 981. The molecule has 0 aliphatic rings. The van der Waals surface area contributed by atoms with Gasteiger partial charge >= 0.3 is 0 Å². The maximum atomic E-state index is 12.5. The van der Waals surface area contributed by atoms with Gasteiger partial charge in [0.1, 0.15) is 5.69 Å². The average Bonchev–Trinajstić information content (AvgIpc) is 2.67. The van der Waals surface area contributed by atoms with Gasteiger partial charge in [0.15, 0.2) is 5.78 Å². The molecule has 3 rings (SSSR count). The fourth-order valence-electron chi connectivity index (χ4n) is 2.62. The van der Waals surface area contributed by atoms with Crippen LogP contribution >= 0.6 is 0 Å². The van der Waals surface area contributed by atoms with Crippen LogP contribution < -0.4 is 0 Å². The number of ketones is 1. The van der Waals surface area contributed by atoms with Crippen LogP contribution in [0.2, 0.25) is 0 Å². The van der Waals surface area contributed by atoms with Crippen molar-refractivity contribution in [2.45, 2.75) is 6.92 Å². The molecule has 0 amide bonds. The van der Waals surface area contributed by atoms with Crippen LogP contribution in [0.3, 0.4) is 0 Å². The second kappa shape index (κ2) is 7.53. The number of aryl methyl sites for hydroxylation is 1. The second-order valence-electron chi connectivity index (χ2n) is 5.72. The van der Waals surface area contributed by atoms with Gasteiger partial charge in [-0.15, -0.1) is 0 Å². The fourth-order valence-corrected chi connectivity index (χ4v) is 2.62. The molecule has 128 valence electrons. The number of nitro groups is 1. The summed E-state index contributed by atoms with van der Waals surface area (Å²) in [7, 11) is 0. The van der Waals surface area contributed by atoms with E-state index in [4.69, 9.17) is 0 Å². The lowest BCUT2D eigenvalue weighted by atomic mass is 10.0. The third kappa shape index (κ3) is 3.72. The summed E-state index contributed by atoms with van der Waals surface area (Å²) >= 11 is 0. The van der Waals surface area contributed by atoms with Crippen LogP contribution in [0.5, 0.6) is 0 Å². The molecule has 0 atom stereocenters. The van der Waals surface area contributed by atoms with E-state index in [0.717, 1.165) is 5.56 Å². The first-order valence-electron chi connectivity index (χ1n) is 8.05. The lowest BCUT2D eigenvalue weighted by molar-refractivity contribution is -0.384. The molecule has 26 heavy (non-hydrogen) atoms. The molecule has 1 heterocycles. The van der Waals surface area contributed by atoms with Gasteiger partial charge in [-0.25, -0.2) is 4.98 Å². The van der Waals surface area contributed by atoms with Crippen LogP contribution in [0.15, 0.2) is 72.8 Å². The minimum atomic E-state index is -0.507. The topological polar surface area (TPSA) is 73.1 Å². The van der Waals surface area contributed by atoms with E-state index in [1.165, 1.54) is 12.1 Å². The first kappa shape index (κ1) is 17.2. The van der Waals surface area contributed by atoms with Crippen molar-refractivity contribution >= 4 is 17.5 Å². The molecule has 5 heteroatoms. The molecular weight excluding hydrogens is 328 g/mol. The van der Waals surface area contributed by atoms with E-state index in [1.54, 1.807) is 37.3 Å². The summed E-state index contributed by atoms with van der Waals surface area (Å²) in [5.41, 5.74) is 2.28. The van der Waals surface area contributed by atoms with Gasteiger partial charge in [0.25, 0.3) is 5.69 Å². The highest BCUT2D eigenvalue weighted by molar-refractivity contribution is 6.08. The van der Waals surface area contributed by atoms with Gasteiger partial charge in [-0.2, -0.15) is 0 Å². The largest absolute Gasteiger partial charge is 0.296 e. The van der Waals surface area contributed by atoms with Crippen molar-refractivity contribution in [3.05, 3.63) is 99.7 Å². The number of benzene rings is 2. The summed E-state index contributed by atoms with van der Waals surface area (Å²) < 4.78 is 0. The zero-order valence-electron chi connectivity index (χ0n) is 14.1. The SMILES string of the molecule is Cc1nc(-c2ccccc2)c([N+](=O)[O-])cc1C(=O)C=Cc1ccccc1. The van der Waals surface area contributed by atoms with Gasteiger partial charge < -0.3 is 0 Å². The van der Waals surface area contributed by atoms with Crippen LogP contribution in [0, 0.1) is 17.0 Å². The van der Waals surface area contributed by atoms with Gasteiger partial charge in [0.2, 0.25) is 0 Å². The predicted molar refractivity (Wildman–Crippen MR) is 101 cm³/mol. The monoisotopic (exact) mass is 344 g/mol. The highest BCUT2D eigenvalue weighted by atomic mass is 16.6. The minimum absolute atomic E-state index is 0.182. The van der Waals surface area contributed by atoms with E-state index < -0.39 is 4.92 Å². The third-order valence-electron chi connectivity index (χ3n) is 3.93. The van der Waals surface area contributed by atoms with E-state index in [0.29, 0.717) is 11.3 Å². The number of carbonyl (C=O) groups is 1. The van der Waals surface area contributed by atoms with E-state index in [2.05, 4.69) is 4.98 Å². The van der Waals surface area contributed by atoms with Gasteiger partial charge in [0, 0.05) is 17.3 Å². The first-order chi connectivity index (χ1) is 12.6. The van der Waals surface area contributed by atoms with Crippen LogP contribution in [-0.2, 0) is 0 Å². The van der Waals surface area contributed by atoms with E-state index >= 15 is 0 Å². The Morgan fingerprint density at radius 2 is 1.65 bits per heavy atom. The van der Waals surface area contributed by atoms with Crippen molar-refractivity contribution in [2.24, 2.45) is 0 Å². The van der Waals surface area contributed by atoms with E-state index in [9.17, 15) is 14.9 Å². The highest BCUT2D eigenvalue weighted by Crippen LogP contribution is 2.30. The molecule has 0 saturated carbocycles. The molecule has 1 aromatic heterocycles. The maximum absolute atomic E-state index is 12.5. The maximum Gasteiger partial charge on any atom is 0.296 e. The average molecular weight is 344 g/mol. The van der Waals surface area contributed by atoms with Gasteiger partial charge in [-0.1, -0.05) is 66.7 Å². The summed E-state index contributed by atoms with van der Waals surface area (Å²) in [6.45, 7) is 1.68. The van der Waals surface area contributed by atoms with Crippen LogP contribution in [-0.4, -0.2) is 15.7 Å². The molecule has 0 bridgehead atoms. The van der Waals surface area contributed by atoms with E-state index in [1.807, 2.05) is 36.4 Å². The van der Waals surface area contributed by atoms with Crippen LogP contribution in [0.1, 0.15) is 21.6 Å². The molecule has 0 aliphatic carbocycles. The molecule has 0 aliphatic heterocycles. The highest BCUT2D eigenvalue weighted by Gasteiger charge is 2.21. The number of allylic oxidation sites excluding steroid dienone is 1. The first-order valence-corrected chi connectivity index (χ1v) is 8.05. The summed E-state index contributed by atoms with van der Waals surface area (Å²) in [5.74, 6) is -0.318. The molecule has 0 spiro atoms. The zero-order valence-corrected chi connectivity index (χ0v) is 14.1. The molecule has 0 N–H and O–H groups in total. The Morgan fingerprint density at radius 3 is 2.27 bits per heavy atom. The molecule has 0 unspecified atom stereocenters. The number of aromatic nitrogens is 1. The van der Waals surface area contributed by atoms with Gasteiger partial charge in [-0.05, 0) is 18.6 Å². The second-order valence-corrected chi connectivity index (χ2v) is 5.72. The lowest BCUT2D eigenvalue weighted by Crippen LogP contribution is -2.05. The number of carbonyl (C=O) groups excluding carboxylic acids is 1. The Kier molecular flexibility index (Phi) is 4.99. The molecule has 5 nitrogen and oxygen atoms in total. The lowest BCUT2D eigenvalue weighted by Gasteiger charge is -2.07. The standard InChI is InChI=1S/C21H16N2O3/c1-15-18(20(24)13-12-16-8-4-2-5-9-16)14-19(23(25)26)21(22-15)17-10-6-3-7-11-17/h2-14H,1H3. The number of rotatable bonds is 5. The molecular formula is C21H16N2O3. The Hall–Kier alpha value is -3.60. The van der Waals surface area contributed by atoms with Crippen molar-refractivity contribution in [1.82, 2.24) is 4.98 Å². The van der Waals surface area contributed by atoms with Crippen molar-refractivity contribution < 1.29 is 9.72 Å². The Labute approximate surface area is 150 Å². The molecule has 0 radical (unpaired) electrons. The fraction of sp³-hybridized carbons (Fsp3) is 0.0476. The van der Waals surface area contributed by atoms with Crippen molar-refractivity contribution in [3.63, 3.8) is 0 Å². The normalized spacial score (nSPS) is 10.8. The number of hydrogen-bond acceptors (Lipinski definition) is 4. The third-order valence-corrected chi connectivity index (χ3v) is 3.93. The molecule has 0 fully saturated rings. The predicted octanol–water partition coefficient (Wildman–Crippen LogP) is 4.86. The zero-order chi connectivity index (χ0) is 18.5. The Morgan fingerprint density at radius 1 is 1.04 bits per heavy atom.